The molecule has 22 heavy (non-hydrogen) atoms. The van der Waals surface area contributed by atoms with Crippen LogP contribution in [0.5, 0.6) is 5.75 Å². The molecular weight excluding hydrogens is 302 g/mol. The number of hydrogen-bond donors (Lipinski definition) is 1. The van der Waals surface area contributed by atoms with Gasteiger partial charge in [0.15, 0.2) is 0 Å². The predicted octanol–water partition coefficient (Wildman–Crippen LogP) is 2.40. The van der Waals surface area contributed by atoms with Gasteiger partial charge in [0.1, 0.15) is 11.6 Å². The lowest BCUT2D eigenvalue weighted by atomic mass is 10.1. The van der Waals surface area contributed by atoms with E-state index in [1.54, 1.807) is 18.3 Å². The maximum Gasteiger partial charge on any atom is 0.253 e. The number of pyridine rings is 1. The summed E-state index contributed by atoms with van der Waals surface area (Å²) in [5, 5.41) is 9.90. The van der Waals surface area contributed by atoms with Crippen molar-refractivity contribution in [2.45, 2.75) is 0 Å². The molecule has 0 saturated carbocycles. The number of aromatic hydroxyl groups is 1. The number of amides is 1. The number of aromatic nitrogens is 1. The van der Waals surface area contributed by atoms with E-state index in [0.717, 1.165) is 18.9 Å². The van der Waals surface area contributed by atoms with Crippen LogP contribution in [0.2, 0.25) is 5.02 Å². The minimum Gasteiger partial charge on any atom is -0.508 e. The summed E-state index contributed by atoms with van der Waals surface area (Å²) in [5.41, 5.74) is 0.593. The molecule has 1 aromatic heterocycles. The van der Waals surface area contributed by atoms with E-state index in [2.05, 4.69) is 9.88 Å². The number of piperazine rings is 1. The zero-order valence-corrected chi connectivity index (χ0v) is 12.7. The van der Waals surface area contributed by atoms with Crippen LogP contribution in [0.15, 0.2) is 42.6 Å². The van der Waals surface area contributed by atoms with Crippen LogP contribution >= 0.6 is 11.6 Å². The summed E-state index contributed by atoms with van der Waals surface area (Å²) in [5.74, 6) is 1.03. The second-order valence-electron chi connectivity index (χ2n) is 5.16. The number of hydrogen-bond acceptors (Lipinski definition) is 4. The first-order chi connectivity index (χ1) is 10.6. The van der Waals surface area contributed by atoms with Gasteiger partial charge in [0.05, 0.1) is 5.02 Å². The van der Waals surface area contributed by atoms with Crippen molar-refractivity contribution in [1.82, 2.24) is 9.88 Å². The second kappa shape index (κ2) is 6.23. The highest BCUT2D eigenvalue weighted by molar-refractivity contribution is 6.30. The zero-order chi connectivity index (χ0) is 15.5. The number of anilines is 1. The summed E-state index contributed by atoms with van der Waals surface area (Å²) in [4.78, 5) is 20.6. The molecule has 2 aromatic rings. The molecule has 2 heterocycles. The van der Waals surface area contributed by atoms with Crippen LogP contribution in [0.25, 0.3) is 0 Å². The molecule has 0 unspecified atom stereocenters. The summed E-state index contributed by atoms with van der Waals surface area (Å²) >= 11 is 5.84. The Morgan fingerprint density at radius 1 is 1.05 bits per heavy atom. The fraction of sp³-hybridized carbons (Fsp3) is 0.250. The smallest absolute Gasteiger partial charge is 0.253 e. The zero-order valence-electron chi connectivity index (χ0n) is 11.9. The number of carbonyl (C=O) groups excluding carboxylic acids is 1. The van der Waals surface area contributed by atoms with Gasteiger partial charge in [-0.3, -0.25) is 4.79 Å². The number of nitrogens with zero attached hydrogens (tertiary/aromatic N) is 3. The highest BCUT2D eigenvalue weighted by Gasteiger charge is 2.22. The molecule has 1 amide bonds. The largest absolute Gasteiger partial charge is 0.508 e. The van der Waals surface area contributed by atoms with Crippen molar-refractivity contribution in [1.29, 1.82) is 0 Å². The van der Waals surface area contributed by atoms with Crippen LogP contribution in [0.4, 0.5) is 5.82 Å². The van der Waals surface area contributed by atoms with Gasteiger partial charge in [-0.05, 0) is 36.4 Å². The molecular formula is C16H16ClN3O2. The first kappa shape index (κ1) is 14.7. The maximum atomic E-state index is 12.4. The molecule has 1 fully saturated rings. The molecule has 1 aliphatic rings. The highest BCUT2D eigenvalue weighted by atomic mass is 35.5. The predicted molar refractivity (Wildman–Crippen MR) is 85.5 cm³/mol. The monoisotopic (exact) mass is 317 g/mol. The van der Waals surface area contributed by atoms with Crippen molar-refractivity contribution < 1.29 is 9.90 Å². The van der Waals surface area contributed by atoms with E-state index in [1.165, 1.54) is 12.1 Å². The Labute approximate surface area is 133 Å². The van der Waals surface area contributed by atoms with Gasteiger partial charge >= 0.3 is 0 Å². The fourth-order valence-electron chi connectivity index (χ4n) is 2.48. The molecule has 1 aromatic carbocycles. The minimum absolute atomic E-state index is 0.0104. The topological polar surface area (TPSA) is 56.7 Å². The Morgan fingerprint density at radius 3 is 2.32 bits per heavy atom. The summed E-state index contributed by atoms with van der Waals surface area (Å²) in [7, 11) is 0. The van der Waals surface area contributed by atoms with Crippen molar-refractivity contribution >= 4 is 23.3 Å². The third-order valence-corrected chi connectivity index (χ3v) is 3.94. The van der Waals surface area contributed by atoms with Gasteiger partial charge < -0.3 is 14.9 Å². The van der Waals surface area contributed by atoms with E-state index in [0.29, 0.717) is 23.7 Å². The lowest BCUT2D eigenvalue weighted by Crippen LogP contribution is -2.49. The quantitative estimate of drug-likeness (QED) is 0.924. The van der Waals surface area contributed by atoms with Gasteiger partial charge in [0.2, 0.25) is 0 Å². The molecule has 114 valence electrons. The number of rotatable bonds is 2. The van der Waals surface area contributed by atoms with Gasteiger partial charge in [0.25, 0.3) is 5.91 Å². The first-order valence-corrected chi connectivity index (χ1v) is 7.46. The van der Waals surface area contributed by atoms with Crippen molar-refractivity contribution in [3.05, 3.63) is 53.2 Å². The van der Waals surface area contributed by atoms with Crippen LogP contribution in [-0.4, -0.2) is 47.1 Å². The minimum atomic E-state index is -0.0104. The molecule has 3 rings (SSSR count). The second-order valence-corrected chi connectivity index (χ2v) is 5.60. The van der Waals surface area contributed by atoms with Crippen molar-refractivity contribution in [3.8, 4) is 5.75 Å². The standard InChI is InChI=1S/C16H16ClN3O2/c17-13-3-6-15(18-11-13)19-7-9-20(10-8-19)16(22)12-1-4-14(21)5-2-12/h1-6,11,21H,7-10H2. The van der Waals surface area contributed by atoms with E-state index in [9.17, 15) is 9.90 Å². The summed E-state index contributed by atoms with van der Waals surface area (Å²) < 4.78 is 0. The van der Waals surface area contributed by atoms with Crippen molar-refractivity contribution in [2.24, 2.45) is 0 Å². The Kier molecular flexibility index (Phi) is 4.15. The lowest BCUT2D eigenvalue weighted by Gasteiger charge is -2.35. The molecule has 1 aliphatic heterocycles. The maximum absolute atomic E-state index is 12.4. The van der Waals surface area contributed by atoms with Gasteiger partial charge in [0, 0.05) is 37.9 Å². The molecule has 0 spiro atoms. The Balaban J connectivity index is 1.62. The molecule has 1 saturated heterocycles. The van der Waals surface area contributed by atoms with Crippen molar-refractivity contribution in [2.75, 3.05) is 31.1 Å². The van der Waals surface area contributed by atoms with Gasteiger partial charge in [-0.15, -0.1) is 0 Å². The number of phenols is 1. The fourth-order valence-corrected chi connectivity index (χ4v) is 2.59. The van der Waals surface area contributed by atoms with E-state index >= 15 is 0 Å². The van der Waals surface area contributed by atoms with E-state index in [1.807, 2.05) is 17.0 Å². The highest BCUT2D eigenvalue weighted by Crippen LogP contribution is 2.18. The molecule has 5 nitrogen and oxygen atoms in total. The number of halogens is 1. The van der Waals surface area contributed by atoms with Crippen molar-refractivity contribution in [3.63, 3.8) is 0 Å². The average Bonchev–Trinajstić information content (AvgIpc) is 2.56. The summed E-state index contributed by atoms with van der Waals surface area (Å²) in [6, 6.07) is 10.1. The third kappa shape index (κ3) is 3.14. The van der Waals surface area contributed by atoms with Gasteiger partial charge in [-0.1, -0.05) is 11.6 Å². The molecule has 0 aliphatic carbocycles. The Hall–Kier alpha value is -2.27. The number of phenolic OH excluding ortho intramolecular Hbond substituents is 1. The van der Waals surface area contributed by atoms with Gasteiger partial charge in [-0.2, -0.15) is 0 Å². The van der Waals surface area contributed by atoms with Gasteiger partial charge in [-0.25, -0.2) is 4.98 Å². The van der Waals surface area contributed by atoms with Crippen LogP contribution in [0, 0.1) is 0 Å². The number of benzene rings is 1. The Bertz CT molecular complexity index is 650. The van der Waals surface area contributed by atoms with Crippen LogP contribution < -0.4 is 4.90 Å². The van der Waals surface area contributed by atoms with E-state index < -0.39 is 0 Å². The van der Waals surface area contributed by atoms with Crippen LogP contribution in [0.1, 0.15) is 10.4 Å². The molecule has 0 bridgehead atoms. The van der Waals surface area contributed by atoms with Crippen LogP contribution in [-0.2, 0) is 0 Å². The average molecular weight is 318 g/mol. The molecule has 1 N–H and O–H groups in total. The first-order valence-electron chi connectivity index (χ1n) is 7.08. The molecule has 6 heteroatoms. The van der Waals surface area contributed by atoms with Crippen LogP contribution in [0.3, 0.4) is 0 Å². The lowest BCUT2D eigenvalue weighted by molar-refractivity contribution is 0.0746. The molecule has 0 radical (unpaired) electrons. The normalized spacial score (nSPS) is 15.0. The van der Waals surface area contributed by atoms with E-state index in [-0.39, 0.29) is 11.7 Å². The Morgan fingerprint density at radius 2 is 1.73 bits per heavy atom. The molecule has 0 atom stereocenters. The number of carbonyl (C=O) groups is 1. The summed E-state index contributed by atoms with van der Waals surface area (Å²) in [6.45, 7) is 2.75. The SMILES string of the molecule is O=C(c1ccc(O)cc1)N1CCN(c2ccc(Cl)cn2)CC1. The third-order valence-electron chi connectivity index (χ3n) is 3.72. The summed E-state index contributed by atoms with van der Waals surface area (Å²) in [6.07, 6.45) is 1.63. The van der Waals surface area contributed by atoms with E-state index in [4.69, 9.17) is 11.6 Å².